The van der Waals surface area contributed by atoms with E-state index in [2.05, 4.69) is 0 Å². The lowest BCUT2D eigenvalue weighted by molar-refractivity contribution is -0.384. The van der Waals surface area contributed by atoms with Crippen molar-refractivity contribution in [1.82, 2.24) is 9.80 Å². The lowest BCUT2D eigenvalue weighted by Gasteiger charge is -2.44. The first-order chi connectivity index (χ1) is 16.8. The van der Waals surface area contributed by atoms with Crippen LogP contribution in [0, 0.1) is 10.1 Å². The second kappa shape index (κ2) is 8.61. The van der Waals surface area contributed by atoms with Gasteiger partial charge in [0.15, 0.2) is 5.78 Å². The molecule has 0 saturated carbocycles. The van der Waals surface area contributed by atoms with Crippen LogP contribution in [0.5, 0.6) is 5.75 Å². The van der Waals surface area contributed by atoms with E-state index in [0.29, 0.717) is 43.7 Å². The molecule has 35 heavy (non-hydrogen) atoms. The van der Waals surface area contributed by atoms with E-state index in [9.17, 15) is 29.3 Å². The van der Waals surface area contributed by atoms with E-state index >= 15 is 0 Å². The molecule has 1 spiro atoms. The van der Waals surface area contributed by atoms with Gasteiger partial charge in [0, 0.05) is 51.0 Å². The lowest BCUT2D eigenvalue weighted by Crippen LogP contribution is -2.52. The standard InChI is InChI=1S/C25H23N3O7/c29-20-15-25(35-21-5-2-1-4-18(20)21)9-12-26(13-10-25)22(30)6-3-11-27-23(31)17-8-7-16(28(33)34)14-19(17)24(27)32/h1-2,4-5,7-8,14H,3,6,9-13,15H2. The summed E-state index contributed by atoms with van der Waals surface area (Å²) < 4.78 is 6.20. The first-order valence-corrected chi connectivity index (χ1v) is 11.5. The number of ketones is 1. The summed E-state index contributed by atoms with van der Waals surface area (Å²) >= 11 is 0. The van der Waals surface area contributed by atoms with E-state index in [-0.39, 0.29) is 47.9 Å². The molecule has 2 aromatic rings. The van der Waals surface area contributed by atoms with Gasteiger partial charge in [-0.3, -0.25) is 34.2 Å². The van der Waals surface area contributed by atoms with Crippen LogP contribution in [0.1, 0.15) is 63.2 Å². The van der Waals surface area contributed by atoms with Gasteiger partial charge in [-0.2, -0.15) is 0 Å². The number of benzene rings is 2. The number of carbonyl (C=O) groups is 4. The largest absolute Gasteiger partial charge is 0.486 e. The molecule has 0 aliphatic carbocycles. The summed E-state index contributed by atoms with van der Waals surface area (Å²) in [6.07, 6.45) is 1.84. The van der Waals surface area contributed by atoms with Gasteiger partial charge >= 0.3 is 0 Å². The number of non-ortho nitro benzene ring substituents is 1. The minimum atomic E-state index is -0.616. The van der Waals surface area contributed by atoms with Crippen LogP contribution in [0.15, 0.2) is 42.5 Å². The number of nitrogens with zero attached hydrogens (tertiary/aromatic N) is 3. The van der Waals surface area contributed by atoms with Gasteiger partial charge < -0.3 is 9.64 Å². The minimum Gasteiger partial charge on any atom is -0.486 e. The number of carbonyl (C=O) groups excluding carboxylic acids is 4. The average Bonchev–Trinajstić information content (AvgIpc) is 3.08. The second-order valence-electron chi connectivity index (χ2n) is 9.11. The minimum absolute atomic E-state index is 0.0143. The summed E-state index contributed by atoms with van der Waals surface area (Å²) in [5, 5.41) is 11.0. The SMILES string of the molecule is O=C1CC2(CCN(C(=O)CCCN3C(=O)c4ccc([N+](=O)[O-])cc4C3=O)CC2)Oc2ccccc21. The molecular formula is C25H23N3O7. The number of hydrogen-bond acceptors (Lipinski definition) is 7. The first-order valence-electron chi connectivity index (χ1n) is 11.5. The monoisotopic (exact) mass is 477 g/mol. The highest BCUT2D eigenvalue weighted by molar-refractivity contribution is 6.21. The summed E-state index contributed by atoms with van der Waals surface area (Å²) in [6, 6.07) is 10.8. The normalized spacial score (nSPS) is 18.3. The molecule has 3 aliphatic heterocycles. The van der Waals surface area contributed by atoms with Crippen molar-refractivity contribution >= 4 is 29.2 Å². The van der Waals surface area contributed by atoms with Gasteiger partial charge in [0.25, 0.3) is 17.5 Å². The first kappa shape index (κ1) is 22.7. The predicted octanol–water partition coefficient (Wildman–Crippen LogP) is 3.00. The van der Waals surface area contributed by atoms with E-state index in [0.717, 1.165) is 11.0 Å². The Morgan fingerprint density at radius 1 is 1.00 bits per heavy atom. The third-order valence-corrected chi connectivity index (χ3v) is 6.96. The Balaban J connectivity index is 1.14. The van der Waals surface area contributed by atoms with Crippen LogP contribution in [0.3, 0.4) is 0 Å². The van der Waals surface area contributed by atoms with Crippen LogP contribution in [0.4, 0.5) is 5.69 Å². The second-order valence-corrected chi connectivity index (χ2v) is 9.11. The van der Waals surface area contributed by atoms with E-state index in [4.69, 9.17) is 4.74 Å². The molecule has 10 nitrogen and oxygen atoms in total. The van der Waals surface area contributed by atoms with Crippen LogP contribution in [0.2, 0.25) is 0 Å². The maximum Gasteiger partial charge on any atom is 0.270 e. The average molecular weight is 477 g/mol. The van der Waals surface area contributed by atoms with Crippen LogP contribution >= 0.6 is 0 Å². The molecule has 1 fully saturated rings. The highest BCUT2D eigenvalue weighted by Gasteiger charge is 2.43. The maximum absolute atomic E-state index is 12.8. The van der Waals surface area contributed by atoms with Crippen molar-refractivity contribution in [1.29, 1.82) is 0 Å². The predicted molar refractivity (Wildman–Crippen MR) is 122 cm³/mol. The molecule has 0 aromatic heterocycles. The van der Waals surface area contributed by atoms with E-state index in [1.165, 1.54) is 12.1 Å². The summed E-state index contributed by atoms with van der Waals surface area (Å²) in [5.41, 5.74) is -0.0982. The summed E-state index contributed by atoms with van der Waals surface area (Å²) in [4.78, 5) is 63.6. The molecule has 3 heterocycles. The van der Waals surface area contributed by atoms with Crippen molar-refractivity contribution < 1.29 is 28.8 Å². The van der Waals surface area contributed by atoms with Crippen molar-refractivity contribution in [2.24, 2.45) is 0 Å². The van der Waals surface area contributed by atoms with Crippen molar-refractivity contribution in [2.75, 3.05) is 19.6 Å². The third kappa shape index (κ3) is 4.05. The van der Waals surface area contributed by atoms with Crippen LogP contribution in [0.25, 0.3) is 0 Å². The molecule has 0 atom stereocenters. The molecular weight excluding hydrogens is 454 g/mol. The van der Waals surface area contributed by atoms with Crippen molar-refractivity contribution in [3.8, 4) is 5.75 Å². The van der Waals surface area contributed by atoms with Gasteiger partial charge in [0.2, 0.25) is 5.91 Å². The number of amides is 3. The Labute approximate surface area is 200 Å². The Morgan fingerprint density at radius 2 is 1.71 bits per heavy atom. The number of Topliss-reactive ketones (excluding diaryl/α,β-unsaturated/α-hetero) is 1. The molecule has 1 saturated heterocycles. The smallest absolute Gasteiger partial charge is 0.270 e. The Kier molecular flexibility index (Phi) is 5.58. The fourth-order valence-corrected chi connectivity index (χ4v) is 5.03. The van der Waals surface area contributed by atoms with Crippen molar-refractivity contribution in [3.05, 3.63) is 69.3 Å². The Bertz CT molecular complexity index is 1260. The van der Waals surface area contributed by atoms with Crippen molar-refractivity contribution in [2.45, 2.75) is 37.7 Å². The molecule has 0 unspecified atom stereocenters. The van der Waals surface area contributed by atoms with Gasteiger partial charge in [0.1, 0.15) is 11.4 Å². The quantitative estimate of drug-likeness (QED) is 0.368. The fourth-order valence-electron chi connectivity index (χ4n) is 5.03. The number of rotatable bonds is 5. The highest BCUT2D eigenvalue weighted by Crippen LogP contribution is 2.39. The molecule has 2 aromatic carbocycles. The highest BCUT2D eigenvalue weighted by atomic mass is 16.6. The van der Waals surface area contributed by atoms with Crippen molar-refractivity contribution in [3.63, 3.8) is 0 Å². The van der Waals surface area contributed by atoms with E-state index < -0.39 is 22.3 Å². The lowest BCUT2D eigenvalue weighted by atomic mass is 9.82. The van der Waals surface area contributed by atoms with Gasteiger partial charge in [-0.15, -0.1) is 0 Å². The number of imide groups is 1. The van der Waals surface area contributed by atoms with E-state index in [1.54, 1.807) is 17.0 Å². The van der Waals surface area contributed by atoms with Gasteiger partial charge in [-0.1, -0.05) is 12.1 Å². The molecule has 0 bridgehead atoms. The number of ether oxygens (including phenoxy) is 1. The molecule has 10 heteroatoms. The van der Waals surface area contributed by atoms with E-state index in [1.807, 2.05) is 12.1 Å². The summed E-state index contributed by atoms with van der Waals surface area (Å²) in [6.45, 7) is 0.980. The summed E-state index contributed by atoms with van der Waals surface area (Å²) in [7, 11) is 0. The number of likely N-dealkylation sites (tertiary alicyclic amines) is 1. The topological polar surface area (TPSA) is 127 Å². The number of hydrogen-bond donors (Lipinski definition) is 0. The van der Waals surface area contributed by atoms with Gasteiger partial charge in [0.05, 0.1) is 28.0 Å². The molecule has 0 radical (unpaired) electrons. The van der Waals surface area contributed by atoms with Crippen LogP contribution in [-0.4, -0.2) is 63.5 Å². The number of fused-ring (bicyclic) bond motifs is 2. The molecule has 3 aliphatic rings. The zero-order valence-corrected chi connectivity index (χ0v) is 18.9. The number of piperidine rings is 1. The number of para-hydroxylation sites is 1. The Morgan fingerprint density at radius 3 is 2.46 bits per heavy atom. The fraction of sp³-hybridized carbons (Fsp3) is 0.360. The van der Waals surface area contributed by atoms with Gasteiger partial charge in [-0.05, 0) is 24.6 Å². The maximum atomic E-state index is 12.8. The zero-order chi connectivity index (χ0) is 24.7. The summed E-state index contributed by atoms with van der Waals surface area (Å²) in [5.74, 6) is -0.533. The third-order valence-electron chi connectivity index (χ3n) is 6.96. The Hall–Kier alpha value is -4.08. The molecule has 3 amide bonds. The number of nitro benzene ring substituents is 1. The zero-order valence-electron chi connectivity index (χ0n) is 18.9. The number of nitro groups is 1. The molecule has 0 N–H and O–H groups in total. The van der Waals surface area contributed by atoms with Crippen LogP contribution < -0.4 is 4.74 Å². The molecule has 5 rings (SSSR count). The van der Waals surface area contributed by atoms with Gasteiger partial charge in [-0.25, -0.2) is 0 Å². The van der Waals surface area contributed by atoms with Crippen LogP contribution in [-0.2, 0) is 4.79 Å². The molecule has 180 valence electrons.